The number of unbranched alkanes of at least 4 members (excludes halogenated alkanes) is 2. The summed E-state index contributed by atoms with van der Waals surface area (Å²) in [6.07, 6.45) is -1.25. The second-order valence-electron chi connectivity index (χ2n) is 19.9. The zero-order valence-electron chi connectivity index (χ0n) is 41.8. The first-order chi connectivity index (χ1) is 35.1. The second-order valence-corrected chi connectivity index (χ2v) is 20.8. The van der Waals surface area contributed by atoms with E-state index in [0.29, 0.717) is 32.4 Å². The molecule has 5 amide bonds. The number of hydrogen-bond acceptors (Lipinski definition) is 12. The SMILES string of the molecule is CN[C@H](C)C(=O)N[C@@H](C(=O)N1C[C@@H](NC(=O)CCCCCN2CCC(CNC(=O)c3cccc(-c4noc(C(F)(F)F)n4)c3)(c3nc(-c4ccccc4)cs3)CC2)C[C@H]1C(=O)Nc1c(F)cccc1F)C(C)(C)C. The summed E-state index contributed by atoms with van der Waals surface area (Å²) in [6, 6.07) is 15.3. The van der Waals surface area contributed by atoms with E-state index in [-0.39, 0.29) is 48.8 Å². The number of benzene rings is 3. The summed E-state index contributed by atoms with van der Waals surface area (Å²) in [7, 11) is 1.60. The molecule has 2 saturated heterocycles. The number of nitrogens with one attached hydrogen (secondary N) is 5. The number of hydrogen-bond donors (Lipinski definition) is 5. The average molecular weight is 1050 g/mol. The predicted octanol–water partition coefficient (Wildman–Crippen LogP) is 7.34. The normalized spacial score (nSPS) is 17.8. The van der Waals surface area contributed by atoms with Crippen LogP contribution in [0.2, 0.25) is 0 Å². The van der Waals surface area contributed by atoms with Crippen molar-refractivity contribution in [1.29, 1.82) is 0 Å². The van der Waals surface area contributed by atoms with Crippen LogP contribution in [0.1, 0.15) is 93.9 Å². The molecule has 22 heteroatoms. The first kappa shape index (κ1) is 55.1. The molecule has 0 radical (unpaired) electrons. The molecule has 396 valence electrons. The molecule has 0 spiro atoms. The van der Waals surface area contributed by atoms with E-state index in [2.05, 4.69) is 46.1 Å². The number of alkyl halides is 3. The summed E-state index contributed by atoms with van der Waals surface area (Å²) < 4.78 is 73.1. The molecule has 0 bridgehead atoms. The molecule has 2 aliphatic rings. The lowest BCUT2D eigenvalue weighted by molar-refractivity contribution is -0.159. The van der Waals surface area contributed by atoms with Crippen molar-refractivity contribution >= 4 is 46.6 Å². The Balaban J connectivity index is 0.939. The van der Waals surface area contributed by atoms with Crippen LogP contribution in [0.25, 0.3) is 22.6 Å². The Labute approximate surface area is 429 Å². The summed E-state index contributed by atoms with van der Waals surface area (Å²) in [5.74, 6) is -6.34. The number of thiazole rings is 1. The summed E-state index contributed by atoms with van der Waals surface area (Å²) in [5, 5.41) is 20.3. The highest BCUT2D eigenvalue weighted by molar-refractivity contribution is 7.10. The largest absolute Gasteiger partial charge is 0.471 e. The quantitative estimate of drug-likeness (QED) is 0.0409. The van der Waals surface area contributed by atoms with Gasteiger partial charge in [0.05, 0.1) is 11.7 Å². The van der Waals surface area contributed by atoms with Gasteiger partial charge in [-0.2, -0.15) is 18.2 Å². The monoisotopic (exact) mass is 1050 g/mol. The molecule has 0 saturated carbocycles. The number of para-hydroxylation sites is 1. The predicted molar refractivity (Wildman–Crippen MR) is 267 cm³/mol. The minimum Gasteiger partial charge on any atom is -0.351 e. The summed E-state index contributed by atoms with van der Waals surface area (Å²) in [5.41, 5.74) is 0.200. The number of likely N-dealkylation sites (N-methyl/N-ethyl adjacent to an activating group) is 1. The maximum atomic E-state index is 14.6. The average Bonchev–Trinajstić information content (AvgIpc) is 4.18. The van der Waals surface area contributed by atoms with Gasteiger partial charge in [0.1, 0.15) is 34.4 Å². The number of nitrogens with zero attached hydrogens (tertiary/aromatic N) is 5. The van der Waals surface area contributed by atoms with Gasteiger partial charge in [-0.25, -0.2) is 13.8 Å². The van der Waals surface area contributed by atoms with Gasteiger partial charge >= 0.3 is 12.1 Å². The van der Waals surface area contributed by atoms with Crippen LogP contribution < -0.4 is 26.6 Å². The Morgan fingerprint density at radius 3 is 2.24 bits per heavy atom. The van der Waals surface area contributed by atoms with Crippen molar-refractivity contribution < 1.29 is 50.4 Å². The third kappa shape index (κ3) is 13.5. The number of aromatic nitrogens is 3. The molecule has 2 aliphatic heterocycles. The molecule has 5 N–H and O–H groups in total. The third-order valence-electron chi connectivity index (χ3n) is 13.5. The van der Waals surface area contributed by atoms with Gasteiger partial charge in [-0.05, 0) is 95.4 Å². The van der Waals surface area contributed by atoms with Gasteiger partial charge in [0.15, 0.2) is 0 Å². The second kappa shape index (κ2) is 23.7. The highest BCUT2D eigenvalue weighted by Gasteiger charge is 2.46. The minimum absolute atomic E-state index is 0.0322. The number of rotatable bonds is 19. The molecule has 5 aromatic rings. The van der Waals surface area contributed by atoms with E-state index < -0.39 is 88.0 Å². The van der Waals surface area contributed by atoms with Crippen molar-refractivity contribution in [3.8, 4) is 22.6 Å². The summed E-state index contributed by atoms with van der Waals surface area (Å²) in [6.45, 7) is 9.27. The number of likely N-dealkylation sites (tertiary alicyclic amines) is 2. The molecule has 0 aliphatic carbocycles. The van der Waals surface area contributed by atoms with Gasteiger partial charge in [0, 0.05) is 53.0 Å². The lowest BCUT2D eigenvalue weighted by Crippen LogP contribution is -2.59. The van der Waals surface area contributed by atoms with E-state index in [1.54, 1.807) is 40.8 Å². The van der Waals surface area contributed by atoms with Crippen LogP contribution in [0.4, 0.5) is 27.6 Å². The van der Waals surface area contributed by atoms with E-state index >= 15 is 0 Å². The smallest absolute Gasteiger partial charge is 0.351 e. The Kier molecular flexibility index (Phi) is 17.6. The molecule has 2 fully saturated rings. The van der Waals surface area contributed by atoms with E-state index in [1.807, 2.05) is 35.7 Å². The fourth-order valence-corrected chi connectivity index (χ4v) is 10.2. The molecule has 4 atom stereocenters. The maximum Gasteiger partial charge on any atom is 0.471 e. The van der Waals surface area contributed by atoms with E-state index in [0.717, 1.165) is 53.9 Å². The number of anilines is 1. The number of amides is 5. The molecule has 74 heavy (non-hydrogen) atoms. The highest BCUT2D eigenvalue weighted by atomic mass is 32.1. The van der Waals surface area contributed by atoms with Crippen LogP contribution in [0.5, 0.6) is 0 Å². The van der Waals surface area contributed by atoms with Crippen molar-refractivity contribution in [2.75, 3.05) is 45.1 Å². The lowest BCUT2D eigenvalue weighted by atomic mass is 9.78. The molecular weight excluding hydrogens is 988 g/mol. The zero-order valence-corrected chi connectivity index (χ0v) is 42.6. The van der Waals surface area contributed by atoms with Gasteiger partial charge in [-0.15, -0.1) is 11.3 Å². The molecule has 0 unspecified atom stereocenters. The van der Waals surface area contributed by atoms with Crippen molar-refractivity contribution in [3.63, 3.8) is 0 Å². The Hall–Kier alpha value is -6.65. The van der Waals surface area contributed by atoms with Crippen LogP contribution in [-0.2, 0) is 30.8 Å². The maximum absolute atomic E-state index is 14.6. The Bertz CT molecular complexity index is 2760. The summed E-state index contributed by atoms with van der Waals surface area (Å²) >= 11 is 1.53. The number of carbonyl (C=O) groups excluding carboxylic acids is 5. The molecule has 3 aromatic carbocycles. The van der Waals surface area contributed by atoms with Gasteiger partial charge in [0.2, 0.25) is 29.5 Å². The van der Waals surface area contributed by atoms with Gasteiger partial charge in [0.25, 0.3) is 5.91 Å². The Morgan fingerprint density at radius 1 is 0.892 bits per heavy atom. The molecular formula is C52H61F5N10O6S. The minimum atomic E-state index is -4.81. The fourth-order valence-electron chi connectivity index (χ4n) is 9.10. The molecule has 2 aromatic heterocycles. The summed E-state index contributed by atoms with van der Waals surface area (Å²) in [4.78, 5) is 80.2. The van der Waals surface area contributed by atoms with Gasteiger partial charge < -0.3 is 40.9 Å². The molecule has 4 heterocycles. The Morgan fingerprint density at radius 2 is 1.58 bits per heavy atom. The van der Waals surface area contributed by atoms with Gasteiger partial charge in [-0.3, -0.25) is 24.0 Å². The number of halogens is 5. The number of carbonyl (C=O) groups is 5. The fraction of sp³-hybridized carbons (Fsp3) is 0.462. The molecule has 16 nitrogen and oxygen atoms in total. The first-order valence-electron chi connectivity index (χ1n) is 24.5. The van der Waals surface area contributed by atoms with Crippen LogP contribution in [0, 0.1) is 17.0 Å². The van der Waals surface area contributed by atoms with Crippen LogP contribution >= 0.6 is 11.3 Å². The highest BCUT2D eigenvalue weighted by Crippen LogP contribution is 2.39. The van der Waals surface area contributed by atoms with Crippen LogP contribution in [-0.4, -0.2) is 118 Å². The molecule has 7 rings (SSSR count). The third-order valence-corrected chi connectivity index (χ3v) is 14.6. The van der Waals surface area contributed by atoms with Crippen molar-refractivity contribution in [3.05, 3.63) is 106 Å². The van der Waals surface area contributed by atoms with E-state index in [4.69, 9.17) is 4.98 Å². The zero-order chi connectivity index (χ0) is 53.4. The van der Waals surface area contributed by atoms with Crippen molar-refractivity contribution in [1.82, 2.24) is 46.2 Å². The van der Waals surface area contributed by atoms with Crippen molar-refractivity contribution in [2.24, 2.45) is 5.41 Å². The van der Waals surface area contributed by atoms with Crippen molar-refractivity contribution in [2.45, 2.75) is 108 Å². The van der Waals surface area contributed by atoms with E-state index in [9.17, 15) is 45.9 Å². The first-order valence-corrected chi connectivity index (χ1v) is 25.4. The van der Waals surface area contributed by atoms with Gasteiger partial charge in [-0.1, -0.05) is 80.9 Å². The lowest BCUT2D eigenvalue weighted by Gasteiger charge is -2.40. The van der Waals surface area contributed by atoms with E-state index in [1.165, 1.54) is 34.4 Å². The number of piperidine rings is 1. The topological polar surface area (TPSA) is 204 Å². The van der Waals surface area contributed by atoms with Crippen LogP contribution in [0.3, 0.4) is 0 Å². The van der Waals surface area contributed by atoms with Crippen LogP contribution in [0.15, 0.2) is 82.7 Å². The standard InChI is InChI=1S/C52H61F5N10O6S/c1-31(58-5)44(69)63-42(50(2,3)4)47(72)67-28-35(27-39(67)46(71)62-41-36(53)18-13-19-37(41)54)60-40(68)20-10-7-11-23-66-24-21-51(22-25-66,49-61-38(29-74-49)32-14-8-6-9-15-32)30-59-45(70)34-17-12-16-33(26-34)43-64-48(73-65-43)52(55,56)57/h6,8-9,12-19,26,29,31,35,39,42,58H,7,10-11,20-25,27-28,30H2,1-5H3,(H,59,70)(H,60,68)(H,62,71)(H,63,69)/t31-,35+,39+,42+/m1/s1.